The van der Waals surface area contributed by atoms with E-state index in [9.17, 15) is 13.2 Å². The van der Waals surface area contributed by atoms with E-state index in [1.54, 1.807) is 12.1 Å². The molecule has 1 fully saturated rings. The number of morpholine rings is 1. The van der Waals surface area contributed by atoms with Crippen LogP contribution in [0.25, 0.3) is 10.8 Å². The molecule has 1 saturated heterocycles. The topological polar surface area (TPSA) is 152 Å². The molecule has 0 unspecified atom stereocenters. The minimum Gasteiger partial charge on any atom is -0.497 e. The van der Waals surface area contributed by atoms with Gasteiger partial charge >= 0.3 is 0 Å². The van der Waals surface area contributed by atoms with Crippen molar-refractivity contribution in [2.75, 3.05) is 48.9 Å². The van der Waals surface area contributed by atoms with Crippen LogP contribution in [0.2, 0.25) is 0 Å². The number of nitrogens with two attached hydrogens (primary N) is 1. The van der Waals surface area contributed by atoms with E-state index in [2.05, 4.69) is 25.5 Å². The molecule has 4 aromatic rings. The Bertz CT molecular complexity index is 1600. The first-order valence-corrected chi connectivity index (χ1v) is 13.1. The van der Waals surface area contributed by atoms with Crippen LogP contribution in [0.3, 0.4) is 0 Å². The molecule has 192 valence electrons. The van der Waals surface area contributed by atoms with Crippen molar-refractivity contribution in [3.8, 4) is 5.75 Å². The van der Waals surface area contributed by atoms with Gasteiger partial charge in [0.1, 0.15) is 22.3 Å². The maximum Gasteiger partial charge on any atom is 0.259 e. The first-order chi connectivity index (χ1) is 17.8. The van der Waals surface area contributed by atoms with E-state index < -0.39 is 10.0 Å². The van der Waals surface area contributed by atoms with E-state index >= 15 is 0 Å². The summed E-state index contributed by atoms with van der Waals surface area (Å²) in [6.07, 6.45) is 1.54. The quantitative estimate of drug-likeness (QED) is 0.287. The first-order valence-electron chi connectivity index (χ1n) is 11.5. The Morgan fingerprint density at radius 1 is 1.05 bits per heavy atom. The van der Waals surface area contributed by atoms with Gasteiger partial charge in [0.2, 0.25) is 10.0 Å². The lowest BCUT2D eigenvalue weighted by Crippen LogP contribution is -2.36. The van der Waals surface area contributed by atoms with Gasteiger partial charge in [0.25, 0.3) is 5.56 Å². The normalized spacial score (nSPS) is 13.9. The predicted molar refractivity (Wildman–Crippen MR) is 143 cm³/mol. The summed E-state index contributed by atoms with van der Waals surface area (Å²) < 4.78 is 35.0. The highest BCUT2D eigenvalue weighted by atomic mass is 32.2. The van der Waals surface area contributed by atoms with Gasteiger partial charge < -0.3 is 30.0 Å². The number of ether oxygens (including phenoxy) is 2. The van der Waals surface area contributed by atoms with Gasteiger partial charge in [-0.25, -0.2) is 18.5 Å². The smallest absolute Gasteiger partial charge is 0.259 e. The number of rotatable bonds is 7. The lowest BCUT2D eigenvalue weighted by atomic mass is 10.2. The molecule has 0 aliphatic carbocycles. The number of primary sulfonamides is 1. The second kappa shape index (κ2) is 10.1. The molecule has 12 heteroatoms. The lowest BCUT2D eigenvalue weighted by molar-refractivity contribution is 0.122. The summed E-state index contributed by atoms with van der Waals surface area (Å²) in [6.45, 7) is 3.04. The molecule has 1 aliphatic heterocycles. The number of anilines is 5. The van der Waals surface area contributed by atoms with Crippen molar-refractivity contribution >= 4 is 49.5 Å². The Hall–Kier alpha value is -4.13. The van der Waals surface area contributed by atoms with E-state index in [-0.39, 0.29) is 16.1 Å². The number of aromatic amines is 1. The summed E-state index contributed by atoms with van der Waals surface area (Å²) in [5, 5.41) is 12.6. The largest absolute Gasteiger partial charge is 0.497 e. The Balaban J connectivity index is 1.52. The van der Waals surface area contributed by atoms with Crippen LogP contribution in [0.1, 0.15) is 0 Å². The highest BCUT2D eigenvalue weighted by Crippen LogP contribution is 2.31. The maximum absolute atomic E-state index is 12.7. The molecule has 1 aliphatic rings. The third kappa shape index (κ3) is 5.35. The Morgan fingerprint density at radius 2 is 1.81 bits per heavy atom. The van der Waals surface area contributed by atoms with Crippen LogP contribution in [0.4, 0.5) is 28.7 Å². The van der Waals surface area contributed by atoms with Gasteiger partial charge in [-0.15, -0.1) is 0 Å². The number of aromatic nitrogens is 2. The van der Waals surface area contributed by atoms with E-state index in [0.717, 1.165) is 24.5 Å². The molecular formula is C25H26N6O5S. The molecule has 0 radical (unpaired) electrons. The van der Waals surface area contributed by atoms with Gasteiger partial charge in [0.15, 0.2) is 0 Å². The standard InChI is InChI=1S/C25H26N6O5S/c1-35-19-6-7-21(37(26,33)34)20(15-19)29-22-14-16-8-9-27-25(32)23(16)24(30-22)28-17-2-4-18(5-3-17)31-10-12-36-13-11-31/h2-9,14-15H,10-13H2,1H3,(H,27,32)(H2,26,33,34)(H2,28,29,30). The molecule has 11 nitrogen and oxygen atoms in total. The number of nitrogens with one attached hydrogen (secondary N) is 3. The highest BCUT2D eigenvalue weighted by molar-refractivity contribution is 7.89. The Morgan fingerprint density at radius 3 is 2.51 bits per heavy atom. The molecule has 0 bridgehead atoms. The molecule has 37 heavy (non-hydrogen) atoms. The molecule has 0 spiro atoms. The van der Waals surface area contributed by atoms with Crippen molar-refractivity contribution in [1.29, 1.82) is 0 Å². The van der Waals surface area contributed by atoms with Gasteiger partial charge in [-0.1, -0.05) is 0 Å². The van der Waals surface area contributed by atoms with E-state index in [0.29, 0.717) is 41.4 Å². The fourth-order valence-corrected chi connectivity index (χ4v) is 4.88. The van der Waals surface area contributed by atoms with Crippen LogP contribution in [0.15, 0.2) is 70.5 Å². The molecule has 2 aromatic heterocycles. The van der Waals surface area contributed by atoms with Gasteiger partial charge in [-0.05, 0) is 53.9 Å². The van der Waals surface area contributed by atoms with Crippen LogP contribution in [-0.4, -0.2) is 51.8 Å². The van der Waals surface area contributed by atoms with Crippen molar-refractivity contribution in [1.82, 2.24) is 9.97 Å². The number of fused-ring (bicyclic) bond motifs is 1. The Labute approximate surface area is 213 Å². The van der Waals surface area contributed by atoms with Crippen molar-refractivity contribution < 1.29 is 17.9 Å². The van der Waals surface area contributed by atoms with Crippen molar-refractivity contribution in [2.45, 2.75) is 4.90 Å². The van der Waals surface area contributed by atoms with E-state index in [4.69, 9.17) is 14.6 Å². The minimum absolute atomic E-state index is 0.116. The summed E-state index contributed by atoms with van der Waals surface area (Å²) in [6, 6.07) is 15.6. The molecule has 2 aromatic carbocycles. The number of hydrogen-bond acceptors (Lipinski definition) is 9. The number of hydrogen-bond donors (Lipinski definition) is 4. The van der Waals surface area contributed by atoms with Gasteiger partial charge in [0, 0.05) is 36.7 Å². The molecule has 3 heterocycles. The summed E-state index contributed by atoms with van der Waals surface area (Å²) in [5.41, 5.74) is 1.70. The van der Waals surface area contributed by atoms with Crippen molar-refractivity contribution in [3.05, 3.63) is 71.1 Å². The zero-order valence-electron chi connectivity index (χ0n) is 20.0. The number of nitrogens with zero attached hydrogens (tertiary/aromatic N) is 2. The van der Waals surface area contributed by atoms with Gasteiger partial charge in [-0.3, -0.25) is 4.79 Å². The SMILES string of the molecule is COc1ccc(S(N)(=O)=O)c(Nc2cc3cc[nH]c(=O)c3c(Nc3ccc(N4CCOCC4)cc3)n2)c1. The summed E-state index contributed by atoms with van der Waals surface area (Å²) in [7, 11) is -2.55. The summed E-state index contributed by atoms with van der Waals surface area (Å²) in [5.74, 6) is 1.05. The minimum atomic E-state index is -4.03. The van der Waals surface area contributed by atoms with Crippen LogP contribution in [-0.2, 0) is 14.8 Å². The second-order valence-corrected chi connectivity index (χ2v) is 9.96. The number of methoxy groups -OCH3 is 1. The maximum atomic E-state index is 12.7. The monoisotopic (exact) mass is 522 g/mol. The molecule has 0 saturated carbocycles. The predicted octanol–water partition coefficient (Wildman–Crippen LogP) is 2.90. The third-order valence-electron chi connectivity index (χ3n) is 6.02. The van der Waals surface area contributed by atoms with Crippen LogP contribution >= 0.6 is 0 Å². The van der Waals surface area contributed by atoms with Crippen LogP contribution < -0.4 is 31.0 Å². The third-order valence-corrected chi connectivity index (χ3v) is 6.99. The van der Waals surface area contributed by atoms with E-state index in [1.807, 2.05) is 24.3 Å². The highest BCUT2D eigenvalue weighted by Gasteiger charge is 2.17. The van der Waals surface area contributed by atoms with Crippen molar-refractivity contribution in [2.24, 2.45) is 5.14 Å². The van der Waals surface area contributed by atoms with E-state index in [1.165, 1.54) is 31.5 Å². The van der Waals surface area contributed by atoms with Crippen molar-refractivity contribution in [3.63, 3.8) is 0 Å². The molecular weight excluding hydrogens is 496 g/mol. The number of H-pyrrole nitrogens is 1. The number of pyridine rings is 2. The fourth-order valence-electron chi connectivity index (χ4n) is 4.20. The average Bonchev–Trinajstić information content (AvgIpc) is 2.89. The second-order valence-electron chi connectivity index (χ2n) is 8.43. The first kappa shape index (κ1) is 24.6. The molecule has 0 amide bonds. The fraction of sp³-hybridized carbons (Fsp3) is 0.200. The Kier molecular flexibility index (Phi) is 6.70. The number of sulfonamides is 1. The zero-order valence-corrected chi connectivity index (χ0v) is 20.8. The zero-order chi connectivity index (χ0) is 26.0. The molecule has 5 N–H and O–H groups in total. The summed E-state index contributed by atoms with van der Waals surface area (Å²) in [4.78, 5) is 22.1. The lowest BCUT2D eigenvalue weighted by Gasteiger charge is -2.28. The number of benzene rings is 2. The van der Waals surface area contributed by atoms with Gasteiger partial charge in [-0.2, -0.15) is 0 Å². The summed E-state index contributed by atoms with van der Waals surface area (Å²) >= 11 is 0. The van der Waals surface area contributed by atoms with Crippen LogP contribution in [0, 0.1) is 0 Å². The van der Waals surface area contributed by atoms with Gasteiger partial charge in [0.05, 0.1) is 31.4 Å². The van der Waals surface area contributed by atoms with Crippen LogP contribution in [0.5, 0.6) is 5.75 Å². The average molecular weight is 523 g/mol. The molecule has 5 rings (SSSR count). The molecule has 0 atom stereocenters.